The van der Waals surface area contributed by atoms with Crippen LogP contribution in [0.2, 0.25) is 0 Å². The molecule has 0 spiro atoms. The molecule has 3 rings (SSSR count). The lowest BCUT2D eigenvalue weighted by Crippen LogP contribution is -2.16. The first-order valence-electron chi connectivity index (χ1n) is 7.62. The van der Waals surface area contributed by atoms with Gasteiger partial charge >= 0.3 is 0 Å². The van der Waals surface area contributed by atoms with Crippen LogP contribution in [0.5, 0.6) is 5.75 Å². The maximum atomic E-state index is 11.8. The number of hydrogen-bond acceptors (Lipinski definition) is 4. The van der Waals surface area contributed by atoms with E-state index in [1.165, 1.54) is 36.4 Å². The van der Waals surface area contributed by atoms with Crippen LogP contribution in [0.1, 0.15) is 17.0 Å². The Bertz CT molecular complexity index is 940. The van der Waals surface area contributed by atoms with Gasteiger partial charge in [0.05, 0.1) is 4.90 Å². The molecule has 1 unspecified atom stereocenters. The minimum Gasteiger partial charge on any atom is -0.508 e. The number of rotatable bonds is 4. The van der Waals surface area contributed by atoms with Crippen molar-refractivity contribution in [1.82, 2.24) is 0 Å². The molecule has 0 bridgehead atoms. The molecule has 5 nitrogen and oxygen atoms in total. The number of benzene rings is 2. The molecule has 0 fully saturated rings. The van der Waals surface area contributed by atoms with Gasteiger partial charge in [0.25, 0.3) is 10.1 Å². The van der Waals surface area contributed by atoms with Crippen molar-refractivity contribution in [2.24, 2.45) is 5.92 Å². The summed E-state index contributed by atoms with van der Waals surface area (Å²) in [6.07, 6.45) is 6.30. The molecule has 1 aliphatic rings. The summed E-state index contributed by atoms with van der Waals surface area (Å²) < 4.78 is 33.2. The summed E-state index contributed by atoms with van der Waals surface area (Å²) in [5, 5.41) is 9.53. The van der Waals surface area contributed by atoms with E-state index in [4.69, 9.17) is 0 Å². The van der Waals surface area contributed by atoms with Crippen LogP contribution < -0.4 is 0 Å². The molecule has 2 aromatic carbocycles. The summed E-state index contributed by atoms with van der Waals surface area (Å²) in [6, 6.07) is 12.6. The highest BCUT2D eigenvalue weighted by molar-refractivity contribution is 7.85. The molecule has 1 atom stereocenters. The second-order valence-electron chi connectivity index (χ2n) is 5.78. The van der Waals surface area contributed by atoms with Crippen LogP contribution in [0, 0.1) is 5.92 Å². The van der Waals surface area contributed by atoms with Crippen LogP contribution in [-0.4, -0.2) is 23.9 Å². The number of allylic oxidation sites excluding steroid dienone is 4. The molecule has 0 saturated carbocycles. The minimum absolute atomic E-state index is 0.0930. The quantitative estimate of drug-likeness (QED) is 0.822. The van der Waals surface area contributed by atoms with E-state index in [1.54, 1.807) is 36.4 Å². The second-order valence-corrected chi connectivity index (χ2v) is 7.17. The lowest BCUT2D eigenvalue weighted by Gasteiger charge is -2.26. The molecule has 1 aliphatic carbocycles. The molecule has 0 amide bonds. The SMILES string of the molecule is O=C1C=CC(C(c2ccc(O)cc2)c2ccccc2S(=O)(=O)O)C=C1. The molecule has 0 saturated heterocycles. The summed E-state index contributed by atoms with van der Waals surface area (Å²) >= 11 is 0. The van der Waals surface area contributed by atoms with Gasteiger partial charge in [0.2, 0.25) is 0 Å². The normalized spacial score (nSPS) is 16.1. The Morgan fingerprint density at radius 1 is 0.920 bits per heavy atom. The average molecular weight is 356 g/mol. The number of ketones is 1. The van der Waals surface area contributed by atoms with Gasteiger partial charge in [0, 0.05) is 11.8 Å². The smallest absolute Gasteiger partial charge is 0.294 e. The van der Waals surface area contributed by atoms with Crippen molar-refractivity contribution in [1.29, 1.82) is 0 Å². The highest BCUT2D eigenvalue weighted by Gasteiger charge is 2.28. The molecule has 0 aromatic heterocycles. The first-order valence-corrected chi connectivity index (χ1v) is 9.06. The molecule has 128 valence electrons. The van der Waals surface area contributed by atoms with Crippen LogP contribution >= 0.6 is 0 Å². The number of aromatic hydroxyl groups is 1. The summed E-state index contributed by atoms with van der Waals surface area (Å²) in [7, 11) is -4.41. The van der Waals surface area contributed by atoms with E-state index in [0.29, 0.717) is 5.56 Å². The predicted octanol–water partition coefficient (Wildman–Crippen LogP) is 3.08. The molecule has 25 heavy (non-hydrogen) atoms. The Kier molecular flexibility index (Phi) is 4.57. The maximum Gasteiger partial charge on any atom is 0.294 e. The molecule has 0 heterocycles. The van der Waals surface area contributed by atoms with Crippen molar-refractivity contribution >= 4 is 15.9 Å². The Labute approximate surface area is 145 Å². The van der Waals surface area contributed by atoms with Gasteiger partial charge in [-0.2, -0.15) is 8.42 Å². The fourth-order valence-corrected chi connectivity index (χ4v) is 3.76. The van der Waals surface area contributed by atoms with Crippen molar-refractivity contribution in [3.8, 4) is 5.75 Å². The predicted molar refractivity (Wildman–Crippen MR) is 93.0 cm³/mol. The van der Waals surface area contributed by atoms with Crippen LogP contribution in [-0.2, 0) is 14.9 Å². The molecule has 2 aromatic rings. The van der Waals surface area contributed by atoms with E-state index < -0.39 is 16.0 Å². The Balaban J connectivity index is 2.19. The average Bonchev–Trinajstić information content (AvgIpc) is 2.58. The number of phenols is 1. The van der Waals surface area contributed by atoms with Crippen molar-refractivity contribution in [3.05, 3.63) is 84.0 Å². The highest BCUT2D eigenvalue weighted by atomic mass is 32.2. The van der Waals surface area contributed by atoms with E-state index in [1.807, 2.05) is 0 Å². The fourth-order valence-electron chi connectivity index (χ4n) is 3.02. The van der Waals surface area contributed by atoms with Crippen LogP contribution in [0.3, 0.4) is 0 Å². The van der Waals surface area contributed by atoms with Crippen molar-refractivity contribution < 1.29 is 22.9 Å². The van der Waals surface area contributed by atoms with E-state index >= 15 is 0 Å². The zero-order valence-corrected chi connectivity index (χ0v) is 13.9. The van der Waals surface area contributed by atoms with E-state index in [9.17, 15) is 22.9 Å². The van der Waals surface area contributed by atoms with Gasteiger partial charge < -0.3 is 5.11 Å². The number of carbonyl (C=O) groups excluding carboxylic acids is 1. The second kappa shape index (κ2) is 6.66. The molecular weight excluding hydrogens is 340 g/mol. The maximum absolute atomic E-state index is 11.8. The van der Waals surface area contributed by atoms with Gasteiger partial charge in [0.15, 0.2) is 5.78 Å². The number of hydrogen-bond donors (Lipinski definition) is 2. The highest BCUT2D eigenvalue weighted by Crippen LogP contribution is 2.38. The van der Waals surface area contributed by atoms with E-state index in [-0.39, 0.29) is 22.3 Å². The Morgan fingerprint density at radius 2 is 1.52 bits per heavy atom. The molecule has 2 N–H and O–H groups in total. The first-order chi connectivity index (χ1) is 11.9. The standard InChI is InChI=1S/C19H16O5S/c20-15-9-5-13(6-10-15)19(14-7-11-16(21)12-8-14)17-3-1-2-4-18(17)25(22,23)24/h1-13,19,21H,(H,22,23,24). The van der Waals surface area contributed by atoms with Gasteiger partial charge in [-0.1, -0.05) is 42.5 Å². The number of phenolic OH excluding ortho intramolecular Hbond substituents is 1. The largest absolute Gasteiger partial charge is 0.508 e. The summed E-state index contributed by atoms with van der Waals surface area (Å²) in [5.41, 5.74) is 1.17. The van der Waals surface area contributed by atoms with Crippen LogP contribution in [0.25, 0.3) is 0 Å². The van der Waals surface area contributed by atoms with Gasteiger partial charge in [-0.25, -0.2) is 0 Å². The third-order valence-corrected chi connectivity index (χ3v) is 5.06. The van der Waals surface area contributed by atoms with Crippen molar-refractivity contribution in [3.63, 3.8) is 0 Å². The minimum atomic E-state index is -4.41. The van der Waals surface area contributed by atoms with E-state index in [0.717, 1.165) is 5.56 Å². The van der Waals surface area contributed by atoms with Crippen LogP contribution in [0.15, 0.2) is 77.7 Å². The zero-order valence-electron chi connectivity index (χ0n) is 13.1. The fraction of sp³-hybridized carbons (Fsp3) is 0.105. The molecule has 6 heteroatoms. The Morgan fingerprint density at radius 3 is 2.12 bits per heavy atom. The van der Waals surface area contributed by atoms with Crippen molar-refractivity contribution in [2.75, 3.05) is 0 Å². The monoisotopic (exact) mass is 356 g/mol. The summed E-state index contributed by atoms with van der Waals surface area (Å²) in [5.74, 6) is -0.760. The molecule has 0 radical (unpaired) electrons. The first kappa shape index (κ1) is 17.1. The van der Waals surface area contributed by atoms with Gasteiger partial charge in [-0.05, 0) is 41.5 Å². The zero-order chi connectivity index (χ0) is 18.0. The topological polar surface area (TPSA) is 91.7 Å². The molecular formula is C19H16O5S. The lowest BCUT2D eigenvalue weighted by molar-refractivity contribution is -0.110. The van der Waals surface area contributed by atoms with Gasteiger partial charge in [0.1, 0.15) is 5.75 Å². The van der Waals surface area contributed by atoms with Gasteiger partial charge in [-0.3, -0.25) is 9.35 Å². The number of carbonyl (C=O) groups is 1. The Hall–Kier alpha value is -2.70. The van der Waals surface area contributed by atoms with E-state index in [2.05, 4.69) is 0 Å². The van der Waals surface area contributed by atoms with Crippen molar-refractivity contribution in [2.45, 2.75) is 10.8 Å². The molecule has 0 aliphatic heterocycles. The summed E-state index contributed by atoms with van der Waals surface area (Å²) in [6.45, 7) is 0. The van der Waals surface area contributed by atoms with Crippen LogP contribution in [0.4, 0.5) is 0 Å². The summed E-state index contributed by atoms with van der Waals surface area (Å²) in [4.78, 5) is 11.3. The third-order valence-electron chi connectivity index (χ3n) is 4.13. The third kappa shape index (κ3) is 3.70. The lowest BCUT2D eigenvalue weighted by atomic mass is 9.79. The van der Waals surface area contributed by atoms with Gasteiger partial charge in [-0.15, -0.1) is 0 Å².